The number of amides is 1. The van der Waals surface area contributed by atoms with E-state index in [1.54, 1.807) is 0 Å². The highest BCUT2D eigenvalue weighted by Gasteiger charge is 2.28. The zero-order valence-electron chi connectivity index (χ0n) is 12.5. The maximum absolute atomic E-state index is 12.4. The van der Waals surface area contributed by atoms with Crippen LogP contribution in [0.1, 0.15) is 6.42 Å². The smallest absolute Gasteiger partial charge is 0.344 e. The molecule has 0 aliphatic carbocycles. The summed E-state index contributed by atoms with van der Waals surface area (Å²) in [7, 11) is 0. The lowest BCUT2D eigenvalue weighted by Gasteiger charge is -2.14. The molecule has 2 N–H and O–H groups in total. The second-order valence-corrected chi connectivity index (χ2v) is 5.37. The maximum atomic E-state index is 12.4. The van der Waals surface area contributed by atoms with E-state index in [0.29, 0.717) is 25.1 Å². The van der Waals surface area contributed by atoms with Gasteiger partial charge in [-0.2, -0.15) is 15.0 Å². The van der Waals surface area contributed by atoms with Crippen molar-refractivity contribution in [2.75, 3.05) is 18.8 Å². The van der Waals surface area contributed by atoms with Gasteiger partial charge in [0.05, 0.1) is 28.7 Å². The Morgan fingerprint density at radius 1 is 1.54 bits per heavy atom. The number of hydrogen-bond acceptors (Lipinski definition) is 7. The van der Waals surface area contributed by atoms with E-state index >= 15 is 0 Å². The number of nitrogens with two attached hydrogens (primary N) is 1. The normalized spacial score (nSPS) is 16.8. The maximum Gasteiger partial charge on any atom is 0.344 e. The van der Waals surface area contributed by atoms with Gasteiger partial charge in [0, 0.05) is 31.0 Å². The number of aromatic nitrogens is 3. The van der Waals surface area contributed by atoms with Gasteiger partial charge in [-0.3, -0.25) is 10.1 Å². The first-order chi connectivity index (χ1) is 11.5. The Hall–Kier alpha value is -3.48. The molecule has 0 spiro atoms. The number of anilines is 1. The van der Waals surface area contributed by atoms with Crippen LogP contribution >= 0.6 is 0 Å². The van der Waals surface area contributed by atoms with E-state index < -0.39 is 4.92 Å². The van der Waals surface area contributed by atoms with Crippen molar-refractivity contribution in [3.05, 3.63) is 34.8 Å². The highest BCUT2D eigenvalue weighted by Crippen LogP contribution is 2.32. The molecule has 1 aliphatic heterocycles. The third kappa shape index (κ3) is 2.63. The standard InChI is InChI=1S/C14H13N7O3/c15-5-9-2-4-19(7-9)14(22)20-8-10(6-18-20)11-1-3-17-13(16)12(11)21(23)24/h1,3,6,8-9H,2,4,7H2,(H2,16,17). The van der Waals surface area contributed by atoms with Gasteiger partial charge in [-0.15, -0.1) is 0 Å². The zero-order valence-corrected chi connectivity index (χ0v) is 12.5. The van der Waals surface area contributed by atoms with Crippen LogP contribution in [0.2, 0.25) is 0 Å². The monoisotopic (exact) mass is 327 g/mol. The Balaban J connectivity index is 1.90. The van der Waals surface area contributed by atoms with Crippen LogP contribution in [0.15, 0.2) is 24.7 Å². The van der Waals surface area contributed by atoms with Gasteiger partial charge in [0.2, 0.25) is 5.82 Å². The summed E-state index contributed by atoms with van der Waals surface area (Å²) in [5.41, 5.74) is 5.87. The van der Waals surface area contributed by atoms with Gasteiger partial charge in [-0.05, 0) is 12.5 Å². The lowest BCUT2D eigenvalue weighted by atomic mass is 10.1. The van der Waals surface area contributed by atoms with Gasteiger partial charge in [0.15, 0.2) is 0 Å². The minimum atomic E-state index is -0.616. The minimum absolute atomic E-state index is 0.176. The Morgan fingerprint density at radius 3 is 3.00 bits per heavy atom. The molecule has 10 heteroatoms. The molecule has 3 rings (SSSR count). The first-order valence-electron chi connectivity index (χ1n) is 7.14. The van der Waals surface area contributed by atoms with Crippen LogP contribution in [-0.2, 0) is 0 Å². The fraction of sp³-hybridized carbons (Fsp3) is 0.286. The Morgan fingerprint density at radius 2 is 2.33 bits per heavy atom. The summed E-state index contributed by atoms with van der Waals surface area (Å²) >= 11 is 0. The molecule has 1 fully saturated rings. The van der Waals surface area contributed by atoms with E-state index in [2.05, 4.69) is 16.2 Å². The molecule has 122 valence electrons. The molecule has 1 atom stereocenters. The van der Waals surface area contributed by atoms with Gasteiger partial charge < -0.3 is 10.6 Å². The molecular formula is C14H13N7O3. The number of nitriles is 1. The largest absolute Gasteiger partial charge is 0.378 e. The molecule has 1 aliphatic rings. The van der Waals surface area contributed by atoms with E-state index in [-0.39, 0.29) is 29.0 Å². The van der Waals surface area contributed by atoms with Crippen LogP contribution in [-0.4, -0.2) is 43.7 Å². The number of nitrogens with zero attached hydrogens (tertiary/aromatic N) is 6. The van der Waals surface area contributed by atoms with Crippen molar-refractivity contribution in [3.63, 3.8) is 0 Å². The van der Waals surface area contributed by atoms with Crippen molar-refractivity contribution in [3.8, 4) is 17.2 Å². The van der Waals surface area contributed by atoms with Crippen LogP contribution in [0, 0.1) is 27.4 Å². The average Bonchev–Trinajstić information content (AvgIpc) is 3.23. The average molecular weight is 327 g/mol. The number of nitrogen functional groups attached to an aromatic ring is 1. The second-order valence-electron chi connectivity index (χ2n) is 5.37. The topological polar surface area (TPSA) is 144 Å². The quantitative estimate of drug-likeness (QED) is 0.645. The molecule has 2 aromatic rings. The fourth-order valence-electron chi connectivity index (χ4n) is 2.65. The van der Waals surface area contributed by atoms with Crippen LogP contribution in [0.3, 0.4) is 0 Å². The predicted molar refractivity (Wildman–Crippen MR) is 82.6 cm³/mol. The highest BCUT2D eigenvalue weighted by molar-refractivity contribution is 5.81. The first-order valence-corrected chi connectivity index (χ1v) is 7.14. The molecule has 1 unspecified atom stereocenters. The molecule has 1 saturated heterocycles. The lowest BCUT2D eigenvalue weighted by Crippen LogP contribution is -2.32. The molecular weight excluding hydrogens is 314 g/mol. The summed E-state index contributed by atoms with van der Waals surface area (Å²) in [4.78, 5) is 28.2. The third-order valence-corrected chi connectivity index (χ3v) is 3.87. The Kier molecular flexibility index (Phi) is 3.83. The van der Waals surface area contributed by atoms with E-state index in [4.69, 9.17) is 11.0 Å². The van der Waals surface area contributed by atoms with Gasteiger partial charge in [0.1, 0.15) is 0 Å². The highest BCUT2D eigenvalue weighted by atomic mass is 16.6. The van der Waals surface area contributed by atoms with E-state index in [1.807, 2.05) is 0 Å². The molecule has 1 amide bonds. The number of carbonyl (C=O) groups is 1. The number of pyridine rings is 1. The summed E-state index contributed by atoms with van der Waals surface area (Å²) in [6, 6.07) is 3.21. The van der Waals surface area contributed by atoms with Crippen molar-refractivity contribution in [2.45, 2.75) is 6.42 Å². The number of nitro groups is 1. The van der Waals surface area contributed by atoms with Gasteiger partial charge in [0.25, 0.3) is 0 Å². The minimum Gasteiger partial charge on any atom is -0.378 e. The predicted octanol–water partition coefficient (Wildman–Crippen LogP) is 1.25. The Bertz CT molecular complexity index is 854. The molecule has 24 heavy (non-hydrogen) atoms. The van der Waals surface area contributed by atoms with Gasteiger partial charge in [-0.25, -0.2) is 9.78 Å². The number of likely N-dealkylation sites (tertiary alicyclic amines) is 1. The summed E-state index contributed by atoms with van der Waals surface area (Å²) in [6.45, 7) is 0.835. The number of hydrogen-bond donors (Lipinski definition) is 1. The van der Waals surface area contributed by atoms with Crippen molar-refractivity contribution >= 4 is 17.5 Å². The van der Waals surface area contributed by atoms with Crippen LogP contribution in [0.5, 0.6) is 0 Å². The van der Waals surface area contributed by atoms with Crippen LogP contribution in [0.4, 0.5) is 16.3 Å². The number of rotatable bonds is 2. The molecule has 0 radical (unpaired) electrons. The molecule has 0 bridgehead atoms. The van der Waals surface area contributed by atoms with Gasteiger partial charge in [-0.1, -0.05) is 0 Å². The molecule has 0 saturated carbocycles. The van der Waals surface area contributed by atoms with Crippen LogP contribution in [0.25, 0.3) is 11.1 Å². The summed E-state index contributed by atoms with van der Waals surface area (Å²) in [5.74, 6) is -0.377. The van der Waals surface area contributed by atoms with Crippen LogP contribution < -0.4 is 5.73 Å². The van der Waals surface area contributed by atoms with E-state index in [0.717, 1.165) is 4.68 Å². The van der Waals surface area contributed by atoms with Crippen molar-refractivity contribution in [2.24, 2.45) is 5.92 Å². The fourth-order valence-corrected chi connectivity index (χ4v) is 2.65. The van der Waals surface area contributed by atoms with E-state index in [1.165, 1.54) is 29.6 Å². The first kappa shape index (κ1) is 15.4. The van der Waals surface area contributed by atoms with E-state index in [9.17, 15) is 14.9 Å². The number of carbonyl (C=O) groups excluding carboxylic acids is 1. The molecule has 3 heterocycles. The van der Waals surface area contributed by atoms with Crippen molar-refractivity contribution < 1.29 is 9.72 Å². The van der Waals surface area contributed by atoms with Gasteiger partial charge >= 0.3 is 11.7 Å². The third-order valence-electron chi connectivity index (χ3n) is 3.87. The zero-order chi connectivity index (χ0) is 17.3. The summed E-state index contributed by atoms with van der Waals surface area (Å²) in [6.07, 6.45) is 4.75. The lowest BCUT2D eigenvalue weighted by molar-refractivity contribution is -0.383. The molecule has 2 aromatic heterocycles. The second kappa shape index (κ2) is 5.96. The SMILES string of the molecule is N#CC1CCN(C(=O)n2cc(-c3ccnc(N)c3[N+](=O)[O-])cn2)C1. The summed E-state index contributed by atoms with van der Waals surface area (Å²) in [5, 5.41) is 24.1. The Labute approximate surface area is 136 Å². The van der Waals surface area contributed by atoms with Crippen molar-refractivity contribution in [1.29, 1.82) is 5.26 Å². The summed E-state index contributed by atoms with van der Waals surface area (Å²) < 4.78 is 1.11. The van der Waals surface area contributed by atoms with Crippen molar-refractivity contribution in [1.82, 2.24) is 19.7 Å². The molecule has 10 nitrogen and oxygen atoms in total. The molecule has 0 aromatic carbocycles.